The summed E-state index contributed by atoms with van der Waals surface area (Å²) >= 11 is 19.5. The number of hydrogen-bond donors (Lipinski definition) is 0. The molecule has 1 fully saturated rings. The molecule has 0 bridgehead atoms. The van der Waals surface area contributed by atoms with Gasteiger partial charge in [-0.2, -0.15) is 0 Å². The Morgan fingerprint density at radius 1 is 0.825 bits per heavy atom. The lowest BCUT2D eigenvalue weighted by Gasteiger charge is -2.15. The lowest BCUT2D eigenvalue weighted by atomic mass is 10.1. The van der Waals surface area contributed by atoms with Crippen LogP contribution < -0.4 is 14.4 Å². The third-order valence-electron chi connectivity index (χ3n) is 5.79. The fourth-order valence-electron chi connectivity index (χ4n) is 3.93. The molecule has 0 aromatic heterocycles. The van der Waals surface area contributed by atoms with E-state index < -0.39 is 0 Å². The van der Waals surface area contributed by atoms with Crippen LogP contribution in [-0.2, 0) is 11.4 Å². The van der Waals surface area contributed by atoms with Crippen molar-refractivity contribution in [2.45, 2.75) is 13.5 Å². The number of aliphatic imine (C=N–C) groups is 1. The highest BCUT2D eigenvalue weighted by Gasteiger charge is 2.34. The minimum absolute atomic E-state index is 0.195. The van der Waals surface area contributed by atoms with Crippen molar-refractivity contribution in [2.24, 2.45) is 4.99 Å². The summed E-state index contributed by atoms with van der Waals surface area (Å²) in [4.78, 5) is 20.5. The first-order valence-electron chi connectivity index (χ1n) is 12.4. The summed E-state index contributed by atoms with van der Waals surface area (Å²) in [6.07, 6.45) is 1.82. The highest BCUT2D eigenvalue weighted by Crippen LogP contribution is 2.39. The molecule has 4 aromatic rings. The summed E-state index contributed by atoms with van der Waals surface area (Å²) in [5.41, 5.74) is 3.08. The SMILES string of the molecule is CCOc1cc(/C=C2\SC(=Nc3ccc(Cl)cc3)N(c3ccc(Cl)cc3)C2=O)ccc1OCc1cccc(Cl)c1. The number of benzene rings is 4. The number of amidine groups is 1. The number of amides is 1. The number of anilines is 1. The zero-order chi connectivity index (χ0) is 28.1. The van der Waals surface area contributed by atoms with Crippen LogP contribution in [0.3, 0.4) is 0 Å². The molecule has 1 aliphatic rings. The van der Waals surface area contributed by atoms with E-state index in [4.69, 9.17) is 49.3 Å². The molecule has 1 saturated heterocycles. The molecule has 0 atom stereocenters. The summed E-state index contributed by atoms with van der Waals surface area (Å²) < 4.78 is 11.9. The number of carbonyl (C=O) groups is 1. The number of hydrogen-bond acceptors (Lipinski definition) is 5. The highest BCUT2D eigenvalue weighted by molar-refractivity contribution is 8.19. The van der Waals surface area contributed by atoms with Crippen LogP contribution in [0.25, 0.3) is 6.08 Å². The average molecular weight is 610 g/mol. The van der Waals surface area contributed by atoms with Crippen molar-refractivity contribution < 1.29 is 14.3 Å². The van der Waals surface area contributed by atoms with Crippen LogP contribution in [0.4, 0.5) is 11.4 Å². The summed E-state index contributed by atoms with van der Waals surface area (Å²) in [6, 6.07) is 27.3. The van der Waals surface area contributed by atoms with Crippen LogP contribution in [0.2, 0.25) is 15.1 Å². The predicted molar refractivity (Wildman–Crippen MR) is 166 cm³/mol. The van der Waals surface area contributed by atoms with Crippen LogP contribution in [0.1, 0.15) is 18.1 Å². The van der Waals surface area contributed by atoms with Crippen LogP contribution in [-0.4, -0.2) is 17.7 Å². The second kappa shape index (κ2) is 12.8. The fourth-order valence-corrected chi connectivity index (χ4v) is 5.40. The van der Waals surface area contributed by atoms with E-state index >= 15 is 0 Å². The van der Waals surface area contributed by atoms with Gasteiger partial charge in [0.25, 0.3) is 5.91 Å². The quantitative estimate of drug-likeness (QED) is 0.187. The Morgan fingerprint density at radius 2 is 1.55 bits per heavy atom. The Bertz CT molecular complexity index is 1590. The lowest BCUT2D eigenvalue weighted by molar-refractivity contribution is -0.113. The van der Waals surface area contributed by atoms with Gasteiger partial charge in [0.15, 0.2) is 16.7 Å². The zero-order valence-corrected chi connectivity index (χ0v) is 24.4. The number of halogens is 3. The van der Waals surface area contributed by atoms with Crippen molar-refractivity contribution in [3.8, 4) is 11.5 Å². The Morgan fingerprint density at radius 3 is 2.25 bits per heavy atom. The van der Waals surface area contributed by atoms with Crippen molar-refractivity contribution in [3.05, 3.63) is 122 Å². The van der Waals surface area contributed by atoms with Gasteiger partial charge in [-0.25, -0.2) is 4.99 Å². The van der Waals surface area contributed by atoms with E-state index in [1.807, 2.05) is 55.5 Å². The molecule has 0 unspecified atom stereocenters. The Hall–Kier alpha value is -3.42. The molecular weight excluding hydrogens is 587 g/mol. The number of carbonyl (C=O) groups excluding carboxylic acids is 1. The van der Waals surface area contributed by atoms with E-state index in [9.17, 15) is 4.79 Å². The maximum Gasteiger partial charge on any atom is 0.271 e. The Kier molecular flexibility index (Phi) is 9.02. The maximum atomic E-state index is 13.6. The van der Waals surface area contributed by atoms with E-state index in [0.29, 0.717) is 61.2 Å². The topological polar surface area (TPSA) is 51.1 Å². The summed E-state index contributed by atoms with van der Waals surface area (Å²) in [6.45, 7) is 2.71. The van der Waals surface area contributed by atoms with E-state index in [1.165, 1.54) is 11.8 Å². The zero-order valence-electron chi connectivity index (χ0n) is 21.3. The molecule has 5 nitrogen and oxygen atoms in total. The summed E-state index contributed by atoms with van der Waals surface area (Å²) in [5.74, 6) is 0.986. The molecule has 4 aromatic carbocycles. The van der Waals surface area contributed by atoms with Gasteiger partial charge < -0.3 is 9.47 Å². The number of ether oxygens (including phenoxy) is 2. The molecule has 40 heavy (non-hydrogen) atoms. The standard InChI is InChI=1S/C31H23Cl3N2O3S/c1-2-38-28-17-20(6-15-27(28)39-19-21-4-3-5-24(34)16-21)18-29-30(37)36(26-13-9-23(33)10-14-26)31(40-29)35-25-11-7-22(32)8-12-25/h3-18H,2,19H2,1H3/b29-18-,35-31?. The smallest absolute Gasteiger partial charge is 0.271 e. The van der Waals surface area contributed by atoms with Crippen LogP contribution in [0.15, 0.2) is 101 Å². The van der Waals surface area contributed by atoms with Gasteiger partial charge in [-0.3, -0.25) is 9.69 Å². The summed E-state index contributed by atoms with van der Waals surface area (Å²) in [5, 5.41) is 2.36. The number of thioether (sulfide) groups is 1. The normalized spacial score (nSPS) is 15.2. The molecule has 0 radical (unpaired) electrons. The Balaban J connectivity index is 1.45. The first-order valence-corrected chi connectivity index (χ1v) is 14.3. The number of nitrogens with zero attached hydrogens (tertiary/aromatic N) is 2. The molecule has 1 amide bonds. The molecule has 0 N–H and O–H groups in total. The van der Waals surface area contributed by atoms with Gasteiger partial charge in [-0.15, -0.1) is 0 Å². The van der Waals surface area contributed by atoms with E-state index in [2.05, 4.69) is 0 Å². The highest BCUT2D eigenvalue weighted by atomic mass is 35.5. The van der Waals surface area contributed by atoms with Gasteiger partial charge in [-0.05, 0) is 109 Å². The van der Waals surface area contributed by atoms with Gasteiger partial charge in [0.2, 0.25) is 0 Å². The maximum absolute atomic E-state index is 13.6. The average Bonchev–Trinajstić information content (AvgIpc) is 3.24. The van der Waals surface area contributed by atoms with Crippen molar-refractivity contribution in [1.29, 1.82) is 0 Å². The second-order valence-electron chi connectivity index (χ2n) is 8.66. The molecule has 5 rings (SSSR count). The van der Waals surface area contributed by atoms with E-state index in [0.717, 1.165) is 11.1 Å². The molecule has 0 aliphatic carbocycles. The lowest BCUT2D eigenvalue weighted by Crippen LogP contribution is -2.28. The molecule has 9 heteroatoms. The van der Waals surface area contributed by atoms with Gasteiger partial charge >= 0.3 is 0 Å². The fraction of sp³-hybridized carbons (Fsp3) is 0.0968. The monoisotopic (exact) mass is 608 g/mol. The van der Waals surface area contributed by atoms with Crippen molar-refractivity contribution in [1.82, 2.24) is 0 Å². The first kappa shape index (κ1) is 28.1. The molecule has 202 valence electrons. The van der Waals surface area contributed by atoms with Gasteiger partial charge in [0.1, 0.15) is 6.61 Å². The van der Waals surface area contributed by atoms with E-state index in [1.54, 1.807) is 53.4 Å². The molecule has 1 heterocycles. The predicted octanol–water partition coefficient (Wildman–Crippen LogP) is 9.43. The Labute approximate surface area is 252 Å². The van der Waals surface area contributed by atoms with Crippen molar-refractivity contribution >= 4 is 75.1 Å². The van der Waals surface area contributed by atoms with Gasteiger partial charge in [-0.1, -0.05) is 53.0 Å². The molecule has 1 aliphatic heterocycles. The van der Waals surface area contributed by atoms with Crippen LogP contribution in [0, 0.1) is 0 Å². The molecule has 0 spiro atoms. The van der Waals surface area contributed by atoms with Crippen LogP contribution >= 0.6 is 46.6 Å². The summed E-state index contributed by atoms with van der Waals surface area (Å²) in [7, 11) is 0. The van der Waals surface area contributed by atoms with E-state index in [-0.39, 0.29) is 5.91 Å². The minimum atomic E-state index is -0.195. The molecule has 0 saturated carbocycles. The second-order valence-corrected chi connectivity index (χ2v) is 11.0. The third kappa shape index (κ3) is 6.83. The van der Waals surface area contributed by atoms with Crippen molar-refractivity contribution in [3.63, 3.8) is 0 Å². The first-order chi connectivity index (χ1) is 19.4. The van der Waals surface area contributed by atoms with Gasteiger partial charge in [0.05, 0.1) is 22.9 Å². The minimum Gasteiger partial charge on any atom is -0.490 e. The van der Waals surface area contributed by atoms with Crippen molar-refractivity contribution in [2.75, 3.05) is 11.5 Å². The van der Waals surface area contributed by atoms with Gasteiger partial charge in [0, 0.05) is 15.1 Å². The largest absolute Gasteiger partial charge is 0.490 e. The molecular formula is C31H23Cl3N2O3S. The number of rotatable bonds is 8. The van der Waals surface area contributed by atoms with Crippen LogP contribution in [0.5, 0.6) is 11.5 Å². The third-order valence-corrected chi connectivity index (χ3v) is 7.50.